The van der Waals surface area contributed by atoms with Gasteiger partial charge in [-0.1, -0.05) is 46.5 Å². The Kier molecular flexibility index (Phi) is 7.58. The lowest BCUT2D eigenvalue weighted by atomic mass is 9.92. The standard InChI is InChI=1S/C11H24O/c1-4-6-11(5-2)8-7-10(3)9-12/h10-12H,4-9H2,1-3H3. The molecular weight excluding hydrogens is 148 g/mol. The van der Waals surface area contributed by atoms with Crippen LogP contribution in [-0.2, 0) is 0 Å². The lowest BCUT2D eigenvalue weighted by Crippen LogP contribution is -2.05. The Morgan fingerprint density at radius 3 is 2.17 bits per heavy atom. The first-order valence-electron chi connectivity index (χ1n) is 5.35. The molecule has 0 aliphatic heterocycles. The fourth-order valence-electron chi connectivity index (χ4n) is 1.57. The fraction of sp³-hybridized carbons (Fsp3) is 1.00. The molecule has 0 radical (unpaired) electrons. The van der Waals surface area contributed by atoms with Crippen molar-refractivity contribution in [3.63, 3.8) is 0 Å². The molecule has 1 N–H and O–H groups in total. The number of aliphatic hydroxyl groups excluding tert-OH is 1. The van der Waals surface area contributed by atoms with Gasteiger partial charge < -0.3 is 5.11 Å². The average molecular weight is 172 g/mol. The first-order valence-corrected chi connectivity index (χ1v) is 5.35. The fourth-order valence-corrected chi connectivity index (χ4v) is 1.57. The van der Waals surface area contributed by atoms with Crippen molar-refractivity contribution >= 4 is 0 Å². The van der Waals surface area contributed by atoms with Crippen LogP contribution in [0.15, 0.2) is 0 Å². The summed E-state index contributed by atoms with van der Waals surface area (Å²) in [6.45, 7) is 6.99. The largest absolute Gasteiger partial charge is 0.396 e. The molecule has 2 unspecified atom stereocenters. The highest BCUT2D eigenvalue weighted by atomic mass is 16.3. The molecule has 0 saturated carbocycles. The lowest BCUT2D eigenvalue weighted by Gasteiger charge is -2.15. The molecule has 0 fully saturated rings. The van der Waals surface area contributed by atoms with Crippen molar-refractivity contribution in [2.75, 3.05) is 6.61 Å². The van der Waals surface area contributed by atoms with Gasteiger partial charge in [0.15, 0.2) is 0 Å². The molecule has 0 aliphatic carbocycles. The molecular formula is C11H24O. The predicted molar refractivity (Wildman–Crippen MR) is 54.2 cm³/mol. The second-order valence-corrected chi connectivity index (χ2v) is 3.93. The molecule has 0 aromatic carbocycles. The van der Waals surface area contributed by atoms with E-state index in [4.69, 9.17) is 5.11 Å². The zero-order valence-electron chi connectivity index (χ0n) is 8.84. The van der Waals surface area contributed by atoms with Gasteiger partial charge in [0.05, 0.1) is 0 Å². The summed E-state index contributed by atoms with van der Waals surface area (Å²) in [6, 6.07) is 0. The topological polar surface area (TPSA) is 20.2 Å². The van der Waals surface area contributed by atoms with Crippen molar-refractivity contribution in [2.45, 2.75) is 52.9 Å². The molecule has 0 bridgehead atoms. The molecule has 1 heteroatoms. The Bertz CT molecular complexity index is 91.0. The molecule has 74 valence electrons. The van der Waals surface area contributed by atoms with E-state index in [1.54, 1.807) is 0 Å². The van der Waals surface area contributed by atoms with Crippen LogP contribution >= 0.6 is 0 Å². The number of hydrogen-bond donors (Lipinski definition) is 1. The van der Waals surface area contributed by atoms with E-state index >= 15 is 0 Å². The van der Waals surface area contributed by atoms with Crippen LogP contribution < -0.4 is 0 Å². The highest BCUT2D eigenvalue weighted by molar-refractivity contribution is 4.59. The van der Waals surface area contributed by atoms with E-state index in [2.05, 4.69) is 20.8 Å². The SMILES string of the molecule is CCCC(CC)CCC(C)CO. The zero-order chi connectivity index (χ0) is 9.40. The molecule has 0 aromatic rings. The summed E-state index contributed by atoms with van der Waals surface area (Å²) in [6.07, 6.45) is 6.44. The maximum atomic E-state index is 8.85. The van der Waals surface area contributed by atoms with Crippen LogP contribution in [0.3, 0.4) is 0 Å². The van der Waals surface area contributed by atoms with Crippen molar-refractivity contribution < 1.29 is 5.11 Å². The summed E-state index contributed by atoms with van der Waals surface area (Å²) in [5.41, 5.74) is 0. The van der Waals surface area contributed by atoms with Crippen molar-refractivity contribution in [1.29, 1.82) is 0 Å². The molecule has 12 heavy (non-hydrogen) atoms. The first-order chi connectivity index (χ1) is 5.74. The van der Waals surface area contributed by atoms with Crippen molar-refractivity contribution in [1.82, 2.24) is 0 Å². The van der Waals surface area contributed by atoms with Crippen LogP contribution in [0, 0.1) is 11.8 Å². The van der Waals surface area contributed by atoms with Crippen LogP contribution in [-0.4, -0.2) is 11.7 Å². The Morgan fingerprint density at radius 1 is 1.08 bits per heavy atom. The zero-order valence-corrected chi connectivity index (χ0v) is 8.84. The maximum absolute atomic E-state index is 8.85. The van der Waals surface area contributed by atoms with Crippen LogP contribution in [0.2, 0.25) is 0 Å². The van der Waals surface area contributed by atoms with Gasteiger partial charge in [-0.05, 0) is 18.3 Å². The Morgan fingerprint density at radius 2 is 1.75 bits per heavy atom. The van der Waals surface area contributed by atoms with E-state index in [1.165, 1.54) is 32.1 Å². The van der Waals surface area contributed by atoms with E-state index in [9.17, 15) is 0 Å². The molecule has 0 rings (SSSR count). The van der Waals surface area contributed by atoms with Crippen LogP contribution in [0.5, 0.6) is 0 Å². The van der Waals surface area contributed by atoms with Gasteiger partial charge in [0, 0.05) is 6.61 Å². The van der Waals surface area contributed by atoms with Crippen LogP contribution in [0.4, 0.5) is 0 Å². The molecule has 0 aromatic heterocycles. The quantitative estimate of drug-likeness (QED) is 0.625. The first kappa shape index (κ1) is 12.0. The molecule has 0 amide bonds. The summed E-state index contributed by atoms with van der Waals surface area (Å²) < 4.78 is 0. The Balaban J connectivity index is 3.43. The third-order valence-corrected chi connectivity index (χ3v) is 2.65. The monoisotopic (exact) mass is 172 g/mol. The van der Waals surface area contributed by atoms with Gasteiger partial charge >= 0.3 is 0 Å². The van der Waals surface area contributed by atoms with Gasteiger partial charge in [-0.2, -0.15) is 0 Å². The number of rotatable bonds is 7. The van der Waals surface area contributed by atoms with Gasteiger partial charge in [-0.25, -0.2) is 0 Å². The molecule has 0 heterocycles. The van der Waals surface area contributed by atoms with E-state index in [0.29, 0.717) is 12.5 Å². The smallest absolute Gasteiger partial charge is 0.0456 e. The van der Waals surface area contributed by atoms with Crippen LogP contribution in [0.1, 0.15) is 52.9 Å². The van der Waals surface area contributed by atoms with E-state index in [-0.39, 0.29) is 0 Å². The highest BCUT2D eigenvalue weighted by Gasteiger charge is 2.07. The number of aliphatic hydroxyl groups is 1. The predicted octanol–water partition coefficient (Wildman–Crippen LogP) is 3.22. The lowest BCUT2D eigenvalue weighted by molar-refractivity contribution is 0.219. The van der Waals surface area contributed by atoms with E-state index < -0.39 is 0 Å². The van der Waals surface area contributed by atoms with Gasteiger partial charge in [-0.3, -0.25) is 0 Å². The molecule has 2 atom stereocenters. The van der Waals surface area contributed by atoms with Gasteiger partial charge in [0.2, 0.25) is 0 Å². The van der Waals surface area contributed by atoms with E-state index in [0.717, 1.165) is 5.92 Å². The summed E-state index contributed by atoms with van der Waals surface area (Å²) >= 11 is 0. The summed E-state index contributed by atoms with van der Waals surface area (Å²) in [5.74, 6) is 1.39. The van der Waals surface area contributed by atoms with Crippen molar-refractivity contribution in [3.05, 3.63) is 0 Å². The normalized spacial score (nSPS) is 16.0. The van der Waals surface area contributed by atoms with Gasteiger partial charge in [0.1, 0.15) is 0 Å². The molecule has 1 nitrogen and oxygen atoms in total. The third kappa shape index (κ3) is 5.59. The highest BCUT2D eigenvalue weighted by Crippen LogP contribution is 2.19. The molecule has 0 spiro atoms. The van der Waals surface area contributed by atoms with E-state index in [1.807, 2.05) is 0 Å². The minimum atomic E-state index is 0.350. The Hall–Kier alpha value is -0.0400. The van der Waals surface area contributed by atoms with Gasteiger partial charge in [0.25, 0.3) is 0 Å². The molecule has 0 saturated heterocycles. The average Bonchev–Trinajstić information content (AvgIpc) is 2.11. The van der Waals surface area contributed by atoms with Crippen LogP contribution in [0.25, 0.3) is 0 Å². The molecule has 0 aliphatic rings. The summed E-state index contributed by atoms with van der Waals surface area (Å²) in [7, 11) is 0. The summed E-state index contributed by atoms with van der Waals surface area (Å²) in [4.78, 5) is 0. The maximum Gasteiger partial charge on any atom is 0.0456 e. The van der Waals surface area contributed by atoms with Crippen molar-refractivity contribution in [3.8, 4) is 0 Å². The number of hydrogen-bond acceptors (Lipinski definition) is 1. The second-order valence-electron chi connectivity index (χ2n) is 3.93. The van der Waals surface area contributed by atoms with Gasteiger partial charge in [-0.15, -0.1) is 0 Å². The minimum Gasteiger partial charge on any atom is -0.396 e. The van der Waals surface area contributed by atoms with Crippen molar-refractivity contribution in [2.24, 2.45) is 11.8 Å². The summed E-state index contributed by atoms with van der Waals surface area (Å²) in [5, 5.41) is 8.85. The second kappa shape index (κ2) is 7.60. The minimum absolute atomic E-state index is 0.350. The Labute approximate surface area is 77.2 Å². The third-order valence-electron chi connectivity index (χ3n) is 2.65.